The molecule has 0 amide bonds. The number of rotatable bonds is 4. The van der Waals surface area contributed by atoms with Crippen molar-refractivity contribution < 1.29 is 9.53 Å². The van der Waals surface area contributed by atoms with Crippen LogP contribution in [0.3, 0.4) is 0 Å². The summed E-state index contributed by atoms with van der Waals surface area (Å²) >= 11 is 3.36. The minimum Gasteiger partial charge on any atom is -0.484 e. The molecule has 5 heteroatoms. The predicted molar refractivity (Wildman–Crippen MR) is 85.4 cm³/mol. The van der Waals surface area contributed by atoms with Crippen LogP contribution in [0.15, 0.2) is 58.1 Å². The maximum atomic E-state index is 12.3. The molecule has 110 valence electrons. The van der Waals surface area contributed by atoms with Gasteiger partial charge in [0, 0.05) is 16.7 Å². The third-order valence-electron chi connectivity index (χ3n) is 2.67. The van der Waals surface area contributed by atoms with Crippen LogP contribution in [0.4, 0.5) is 0 Å². The molecule has 1 heterocycles. The molecule has 0 fully saturated rings. The Morgan fingerprint density at radius 2 is 1.95 bits per heavy atom. The predicted octanol–water partition coefficient (Wildman–Crippen LogP) is 3.28. The van der Waals surface area contributed by atoms with Gasteiger partial charge in [-0.05, 0) is 50.2 Å². The van der Waals surface area contributed by atoms with Crippen LogP contribution in [-0.4, -0.2) is 23.1 Å². The van der Waals surface area contributed by atoms with E-state index in [2.05, 4.69) is 20.9 Å². The summed E-state index contributed by atoms with van der Waals surface area (Å²) in [5.74, 6) is 0.503. The third-order valence-corrected chi connectivity index (χ3v) is 3.20. The molecular formula is C16H17BrN2O2. The Morgan fingerprint density at radius 1 is 1.24 bits per heavy atom. The van der Waals surface area contributed by atoms with Crippen molar-refractivity contribution >= 4 is 21.8 Å². The van der Waals surface area contributed by atoms with Gasteiger partial charge in [0.2, 0.25) is 0 Å². The number of carbonyl (C=O) groups excluding carboxylic acids is 1. The van der Waals surface area contributed by atoms with Crippen LogP contribution < -0.4 is 10.2 Å². The smallest absolute Gasteiger partial charge is 0.270 e. The lowest BCUT2D eigenvalue weighted by molar-refractivity contribution is 0.0831. The molecule has 0 aliphatic heterocycles. The zero-order chi connectivity index (χ0) is 15.2. The minimum absolute atomic E-state index is 0.0308. The van der Waals surface area contributed by atoms with Crippen LogP contribution in [0.5, 0.6) is 5.75 Å². The highest BCUT2D eigenvalue weighted by Gasteiger charge is 2.06. The van der Waals surface area contributed by atoms with Crippen molar-refractivity contribution in [3.05, 3.63) is 58.6 Å². The summed E-state index contributed by atoms with van der Waals surface area (Å²) in [7, 11) is 0. The molecule has 0 unspecified atom stereocenters. The van der Waals surface area contributed by atoms with E-state index in [4.69, 9.17) is 4.74 Å². The van der Waals surface area contributed by atoms with Crippen molar-refractivity contribution in [3.63, 3.8) is 0 Å². The van der Waals surface area contributed by atoms with Gasteiger partial charge in [0.1, 0.15) is 11.2 Å². The maximum absolute atomic E-state index is 12.3. The van der Waals surface area contributed by atoms with Crippen LogP contribution in [0.2, 0.25) is 0 Å². The van der Waals surface area contributed by atoms with Crippen molar-refractivity contribution in [1.82, 2.24) is 4.57 Å². The molecule has 0 atom stereocenters. The Kier molecular flexibility index (Phi) is 5.33. The van der Waals surface area contributed by atoms with Gasteiger partial charge in [0.15, 0.2) is 6.61 Å². The van der Waals surface area contributed by atoms with Gasteiger partial charge in [-0.15, -0.1) is 0 Å². The SMILES string of the molecule is CC(C)N=c1ccccn1C(=O)COc1ccc(Br)cc1. The first kappa shape index (κ1) is 15.5. The second-order valence-electron chi connectivity index (χ2n) is 4.79. The molecule has 1 aromatic carbocycles. The summed E-state index contributed by atoms with van der Waals surface area (Å²) in [5, 5.41) is 0. The van der Waals surface area contributed by atoms with Crippen LogP contribution in [-0.2, 0) is 0 Å². The summed E-state index contributed by atoms with van der Waals surface area (Å²) in [4.78, 5) is 16.7. The lowest BCUT2D eigenvalue weighted by Gasteiger charge is -2.09. The molecule has 0 saturated heterocycles. The largest absolute Gasteiger partial charge is 0.484 e. The van der Waals surface area contributed by atoms with Gasteiger partial charge in [0.25, 0.3) is 5.91 Å². The van der Waals surface area contributed by atoms with E-state index in [-0.39, 0.29) is 18.6 Å². The van der Waals surface area contributed by atoms with Crippen LogP contribution >= 0.6 is 15.9 Å². The number of carbonyl (C=O) groups is 1. The van der Waals surface area contributed by atoms with Gasteiger partial charge in [-0.3, -0.25) is 14.4 Å². The fraction of sp³-hybridized carbons (Fsp3) is 0.250. The molecule has 0 N–H and O–H groups in total. The van der Waals surface area contributed by atoms with Crippen molar-refractivity contribution in [2.24, 2.45) is 4.99 Å². The normalized spacial score (nSPS) is 11.7. The molecule has 0 bridgehead atoms. The summed E-state index contributed by atoms with van der Waals surface area (Å²) in [6, 6.07) is 13.0. The van der Waals surface area contributed by atoms with E-state index in [9.17, 15) is 4.79 Å². The summed E-state index contributed by atoms with van der Waals surface area (Å²) in [5.41, 5.74) is 0.636. The number of ether oxygens (including phenoxy) is 1. The number of nitrogens with zero attached hydrogens (tertiary/aromatic N) is 2. The van der Waals surface area contributed by atoms with E-state index in [0.717, 1.165) is 4.47 Å². The van der Waals surface area contributed by atoms with Gasteiger partial charge in [-0.1, -0.05) is 22.0 Å². The van der Waals surface area contributed by atoms with Crippen molar-refractivity contribution in [2.45, 2.75) is 19.9 Å². The standard InChI is InChI=1S/C16H17BrN2O2/c1-12(2)18-15-5-3-4-10-19(15)16(20)11-21-14-8-6-13(17)7-9-14/h3-10,12H,11H2,1-2H3. The number of hydrogen-bond donors (Lipinski definition) is 0. The Hall–Kier alpha value is -1.88. The maximum Gasteiger partial charge on any atom is 0.270 e. The van der Waals surface area contributed by atoms with Crippen molar-refractivity contribution in [2.75, 3.05) is 6.61 Å². The fourth-order valence-electron chi connectivity index (χ4n) is 1.76. The number of pyridine rings is 1. The quantitative estimate of drug-likeness (QED) is 0.850. The van der Waals surface area contributed by atoms with Gasteiger partial charge < -0.3 is 4.74 Å². The molecule has 0 aliphatic carbocycles. The minimum atomic E-state index is -0.155. The zero-order valence-corrected chi connectivity index (χ0v) is 13.6. The first-order valence-electron chi connectivity index (χ1n) is 6.69. The summed E-state index contributed by atoms with van der Waals surface area (Å²) in [6.07, 6.45) is 1.70. The fourth-order valence-corrected chi connectivity index (χ4v) is 2.02. The lowest BCUT2D eigenvalue weighted by atomic mass is 10.3. The third kappa shape index (κ3) is 4.56. The highest BCUT2D eigenvalue weighted by Crippen LogP contribution is 2.15. The molecule has 2 rings (SSSR count). The van der Waals surface area contributed by atoms with Crippen molar-refractivity contribution in [1.29, 1.82) is 0 Å². The topological polar surface area (TPSA) is 43.6 Å². The number of halogens is 1. The van der Waals surface area contributed by atoms with Crippen LogP contribution in [0, 0.1) is 0 Å². The first-order valence-corrected chi connectivity index (χ1v) is 7.48. The average Bonchev–Trinajstić information content (AvgIpc) is 2.46. The van der Waals surface area contributed by atoms with Gasteiger partial charge in [0.05, 0.1) is 0 Å². The summed E-state index contributed by atoms with van der Waals surface area (Å²) < 4.78 is 7.99. The average molecular weight is 349 g/mol. The molecule has 0 radical (unpaired) electrons. The number of benzene rings is 1. The van der Waals surface area contributed by atoms with Crippen LogP contribution in [0.25, 0.3) is 0 Å². The first-order chi connectivity index (χ1) is 10.1. The highest BCUT2D eigenvalue weighted by molar-refractivity contribution is 9.10. The second-order valence-corrected chi connectivity index (χ2v) is 5.70. The van der Waals surface area contributed by atoms with Crippen molar-refractivity contribution in [3.8, 4) is 5.75 Å². The molecule has 0 saturated carbocycles. The molecule has 4 nitrogen and oxygen atoms in total. The molecular weight excluding hydrogens is 332 g/mol. The molecule has 2 aromatic rings. The second kappa shape index (κ2) is 7.22. The van der Waals surface area contributed by atoms with E-state index < -0.39 is 0 Å². The van der Waals surface area contributed by atoms with Gasteiger partial charge in [-0.25, -0.2) is 0 Å². The lowest BCUT2D eigenvalue weighted by Crippen LogP contribution is -2.31. The number of hydrogen-bond acceptors (Lipinski definition) is 3. The Labute approximate surface area is 132 Å². The Morgan fingerprint density at radius 3 is 2.62 bits per heavy atom. The van der Waals surface area contributed by atoms with Crippen LogP contribution in [0.1, 0.15) is 18.6 Å². The monoisotopic (exact) mass is 348 g/mol. The van der Waals surface area contributed by atoms with E-state index in [1.165, 1.54) is 4.57 Å². The van der Waals surface area contributed by atoms with E-state index in [1.807, 2.05) is 50.2 Å². The molecule has 21 heavy (non-hydrogen) atoms. The molecule has 1 aromatic heterocycles. The van der Waals surface area contributed by atoms with E-state index in [0.29, 0.717) is 11.2 Å². The Balaban J connectivity index is 2.12. The van der Waals surface area contributed by atoms with E-state index in [1.54, 1.807) is 12.3 Å². The molecule has 0 spiro atoms. The zero-order valence-electron chi connectivity index (χ0n) is 12.0. The summed E-state index contributed by atoms with van der Waals surface area (Å²) in [6.45, 7) is 3.91. The molecule has 0 aliphatic rings. The Bertz CT molecular complexity index is 675. The highest BCUT2D eigenvalue weighted by atomic mass is 79.9. The van der Waals surface area contributed by atoms with Gasteiger partial charge in [-0.2, -0.15) is 0 Å². The van der Waals surface area contributed by atoms with E-state index >= 15 is 0 Å². The van der Waals surface area contributed by atoms with Gasteiger partial charge >= 0.3 is 0 Å². The number of aromatic nitrogens is 1.